The number of aryl methyl sites for hydroxylation is 4. The van der Waals surface area contributed by atoms with Crippen LogP contribution in [0.15, 0.2) is 54.4 Å². The third kappa shape index (κ3) is 7.86. The van der Waals surface area contributed by atoms with Gasteiger partial charge < -0.3 is 10.1 Å². The van der Waals surface area contributed by atoms with E-state index in [1.54, 1.807) is 0 Å². The second-order valence-corrected chi connectivity index (χ2v) is 10.5. The maximum absolute atomic E-state index is 11.7. The van der Waals surface area contributed by atoms with E-state index in [0.717, 1.165) is 59.3 Å². The smallest absolute Gasteiger partial charge is 0.162 e. The Hall–Kier alpha value is -2.88. The van der Waals surface area contributed by atoms with E-state index in [2.05, 4.69) is 73.2 Å². The van der Waals surface area contributed by atoms with Crippen LogP contribution in [0.2, 0.25) is 0 Å². The molecule has 0 saturated heterocycles. The van der Waals surface area contributed by atoms with Gasteiger partial charge in [-0.15, -0.1) is 34.9 Å². The monoisotopic (exact) mass is 716 g/mol. The first-order valence-corrected chi connectivity index (χ1v) is 14.2. The molecule has 1 N–H and O–H groups in total. The van der Waals surface area contributed by atoms with Gasteiger partial charge in [-0.2, -0.15) is 0 Å². The Morgan fingerprint density at radius 3 is 2.08 bits per heavy atom. The minimum Gasteiger partial charge on any atom is -0.512 e. The number of pyridine rings is 2. The van der Waals surface area contributed by atoms with E-state index in [1.807, 2.05) is 40.8 Å². The maximum atomic E-state index is 11.7. The van der Waals surface area contributed by atoms with Crippen molar-refractivity contribution in [1.29, 1.82) is 0 Å². The molecule has 0 saturated carbocycles. The number of aromatic nitrogens is 2. The minimum atomic E-state index is 0. The summed E-state index contributed by atoms with van der Waals surface area (Å²) in [6, 6.07) is 16.3. The molecular formula is C35H43IrN2O2-. The fraction of sp³-hybridized carbons (Fsp3) is 0.400. The zero-order valence-corrected chi connectivity index (χ0v) is 27.6. The molecule has 0 aliphatic rings. The fourth-order valence-corrected chi connectivity index (χ4v) is 5.33. The SMILES string of the molecule is CCC(CC)C(=O)/C=C(\O)C(CC)CC.Cc1[c-]c(-c2nccc3c2ccc2c(C)nc(C)cc23)cc(C)c1.[Ir]. The molecule has 0 amide bonds. The van der Waals surface area contributed by atoms with Gasteiger partial charge in [-0.05, 0) is 73.5 Å². The summed E-state index contributed by atoms with van der Waals surface area (Å²) in [6.45, 7) is 16.4. The number of ketones is 1. The van der Waals surface area contributed by atoms with E-state index in [-0.39, 0.29) is 43.5 Å². The predicted molar refractivity (Wildman–Crippen MR) is 164 cm³/mol. The molecule has 0 aliphatic carbocycles. The van der Waals surface area contributed by atoms with Crippen molar-refractivity contribution in [3.05, 3.63) is 83.0 Å². The van der Waals surface area contributed by atoms with Crippen LogP contribution in [0, 0.1) is 45.6 Å². The first-order chi connectivity index (χ1) is 18.6. The minimum absolute atomic E-state index is 0. The summed E-state index contributed by atoms with van der Waals surface area (Å²) in [5.41, 5.74) is 6.54. The summed E-state index contributed by atoms with van der Waals surface area (Å²) in [6.07, 6.45) is 6.80. The molecule has 4 aromatic rings. The summed E-state index contributed by atoms with van der Waals surface area (Å²) in [5, 5.41) is 14.6. The third-order valence-corrected chi connectivity index (χ3v) is 7.56. The second-order valence-electron chi connectivity index (χ2n) is 10.5. The van der Waals surface area contributed by atoms with Crippen LogP contribution in [0.25, 0.3) is 32.8 Å². The molecule has 2 aromatic carbocycles. The van der Waals surface area contributed by atoms with Gasteiger partial charge in [0.05, 0.1) is 5.76 Å². The average molecular weight is 716 g/mol. The largest absolute Gasteiger partial charge is 0.512 e. The Kier molecular flexibility index (Phi) is 12.7. The van der Waals surface area contributed by atoms with Crippen molar-refractivity contribution in [3.8, 4) is 11.3 Å². The number of aliphatic hydroxyl groups excluding tert-OH is 1. The predicted octanol–water partition coefficient (Wildman–Crippen LogP) is 9.35. The van der Waals surface area contributed by atoms with E-state index in [1.165, 1.54) is 27.8 Å². The van der Waals surface area contributed by atoms with E-state index in [4.69, 9.17) is 0 Å². The van der Waals surface area contributed by atoms with Gasteiger partial charge in [0.1, 0.15) is 0 Å². The molecule has 0 spiro atoms. The van der Waals surface area contributed by atoms with Crippen molar-refractivity contribution < 1.29 is 30.0 Å². The molecule has 1 radical (unpaired) electrons. The van der Waals surface area contributed by atoms with Crippen molar-refractivity contribution in [2.24, 2.45) is 11.8 Å². The van der Waals surface area contributed by atoms with Gasteiger partial charge in [-0.3, -0.25) is 9.78 Å². The molecule has 2 aromatic heterocycles. The van der Waals surface area contributed by atoms with Gasteiger partial charge in [-0.25, -0.2) is 0 Å². The van der Waals surface area contributed by atoms with Gasteiger partial charge in [0.2, 0.25) is 0 Å². The molecule has 5 heteroatoms. The Bertz CT molecular complexity index is 1460. The number of hydrogen-bond acceptors (Lipinski definition) is 4. The number of hydrogen-bond donors (Lipinski definition) is 1. The summed E-state index contributed by atoms with van der Waals surface area (Å²) in [5.74, 6) is 0.547. The van der Waals surface area contributed by atoms with Crippen LogP contribution in [0.4, 0.5) is 0 Å². The van der Waals surface area contributed by atoms with E-state index >= 15 is 0 Å². The zero-order chi connectivity index (χ0) is 28.7. The number of carbonyl (C=O) groups excluding carboxylic acids is 1. The number of fused-ring (bicyclic) bond motifs is 3. The molecule has 0 bridgehead atoms. The molecule has 215 valence electrons. The van der Waals surface area contributed by atoms with Crippen molar-refractivity contribution >= 4 is 27.3 Å². The van der Waals surface area contributed by atoms with Crippen molar-refractivity contribution in [2.75, 3.05) is 0 Å². The van der Waals surface area contributed by atoms with Crippen molar-refractivity contribution in [3.63, 3.8) is 0 Å². The molecule has 2 heterocycles. The van der Waals surface area contributed by atoms with Crippen LogP contribution in [0.5, 0.6) is 0 Å². The Labute approximate surface area is 253 Å². The Morgan fingerprint density at radius 2 is 1.48 bits per heavy atom. The second kappa shape index (κ2) is 15.2. The Morgan fingerprint density at radius 1 is 0.850 bits per heavy atom. The summed E-state index contributed by atoms with van der Waals surface area (Å²) in [7, 11) is 0. The quantitative estimate of drug-likeness (QED) is 0.0855. The average Bonchev–Trinajstić information content (AvgIpc) is 2.89. The number of benzene rings is 2. The molecular weight excluding hydrogens is 673 g/mol. The van der Waals surface area contributed by atoms with E-state index < -0.39 is 0 Å². The van der Waals surface area contributed by atoms with Crippen LogP contribution in [0.3, 0.4) is 0 Å². The number of allylic oxidation sites excluding steroid dienone is 2. The molecule has 0 fully saturated rings. The topological polar surface area (TPSA) is 63.1 Å². The Balaban J connectivity index is 0.000000307. The van der Waals surface area contributed by atoms with Gasteiger partial charge in [0.25, 0.3) is 0 Å². The van der Waals surface area contributed by atoms with Crippen LogP contribution in [-0.2, 0) is 24.9 Å². The van der Waals surface area contributed by atoms with Gasteiger partial charge >= 0.3 is 0 Å². The first-order valence-electron chi connectivity index (χ1n) is 14.2. The van der Waals surface area contributed by atoms with Crippen LogP contribution in [-0.4, -0.2) is 20.9 Å². The molecule has 4 nitrogen and oxygen atoms in total. The molecule has 0 aliphatic heterocycles. The normalized spacial score (nSPS) is 11.5. The summed E-state index contributed by atoms with van der Waals surface area (Å²) < 4.78 is 0. The number of rotatable bonds is 8. The van der Waals surface area contributed by atoms with E-state index in [0.29, 0.717) is 0 Å². The van der Waals surface area contributed by atoms with Gasteiger partial charge in [0.15, 0.2) is 5.78 Å². The fourth-order valence-electron chi connectivity index (χ4n) is 5.33. The van der Waals surface area contributed by atoms with Gasteiger partial charge in [0, 0.05) is 61.0 Å². The van der Waals surface area contributed by atoms with Gasteiger partial charge in [-0.1, -0.05) is 53.7 Å². The number of aliphatic hydroxyl groups is 1. The maximum Gasteiger partial charge on any atom is 0.162 e. The van der Waals surface area contributed by atoms with Crippen molar-refractivity contribution in [1.82, 2.24) is 9.97 Å². The number of carbonyl (C=O) groups is 1. The first kappa shape index (κ1) is 33.3. The summed E-state index contributed by atoms with van der Waals surface area (Å²) in [4.78, 5) is 21.0. The number of nitrogens with zero attached hydrogens (tertiary/aromatic N) is 2. The van der Waals surface area contributed by atoms with Crippen LogP contribution in [0.1, 0.15) is 75.9 Å². The van der Waals surface area contributed by atoms with Crippen LogP contribution >= 0.6 is 0 Å². The molecule has 0 atom stereocenters. The summed E-state index contributed by atoms with van der Waals surface area (Å²) >= 11 is 0. The molecule has 4 rings (SSSR count). The third-order valence-electron chi connectivity index (χ3n) is 7.56. The van der Waals surface area contributed by atoms with E-state index in [9.17, 15) is 9.90 Å². The zero-order valence-electron chi connectivity index (χ0n) is 25.2. The van der Waals surface area contributed by atoms with Crippen LogP contribution < -0.4 is 0 Å². The standard InChI is InChI=1S/C22H19N2.C13H24O2.Ir/c1-13-9-14(2)11-17(10-13)22-20-6-5-18-16(4)24-15(3)12-21(18)19(20)7-8-23-22;1-5-10(6-2)12(14)9-13(15)11(7-3)8-4;/h5-10,12H,1-4H3;9-11,14H,5-8H2,1-4H3;/q-1;;/b;12-9-;. The molecule has 0 unspecified atom stereocenters. The van der Waals surface area contributed by atoms with Crippen molar-refractivity contribution in [2.45, 2.75) is 81.1 Å². The molecule has 40 heavy (non-hydrogen) atoms.